The fourth-order valence-electron chi connectivity index (χ4n) is 2.05. The van der Waals surface area contributed by atoms with Crippen LogP contribution >= 0.6 is 15.9 Å². The quantitative estimate of drug-likeness (QED) is 0.881. The highest BCUT2D eigenvalue weighted by Crippen LogP contribution is 2.20. The number of carbonyl (C=O) groups is 1. The van der Waals surface area contributed by atoms with Crippen molar-refractivity contribution in [2.45, 2.75) is 26.4 Å². The molecular formula is C16H19BrN2O2. The van der Waals surface area contributed by atoms with Crippen molar-refractivity contribution >= 4 is 27.5 Å². The molecule has 1 heterocycles. The minimum Gasteiger partial charge on any atom is -0.452 e. The second kappa shape index (κ2) is 6.80. The number of furan rings is 1. The van der Waals surface area contributed by atoms with Crippen molar-refractivity contribution < 1.29 is 9.21 Å². The summed E-state index contributed by atoms with van der Waals surface area (Å²) in [5, 5.41) is 3.30. The number of nitrogens with zero attached hydrogens (tertiary/aromatic N) is 1. The molecule has 0 fully saturated rings. The molecule has 2 rings (SSSR count). The van der Waals surface area contributed by atoms with Crippen LogP contribution in [0.5, 0.6) is 0 Å². The fourth-order valence-corrected chi connectivity index (χ4v) is 2.39. The third kappa shape index (κ3) is 4.11. The molecule has 4 nitrogen and oxygen atoms in total. The Bertz CT molecular complexity index is 622. The van der Waals surface area contributed by atoms with Crippen molar-refractivity contribution in [2.75, 3.05) is 12.4 Å². The second-order valence-electron chi connectivity index (χ2n) is 5.21. The lowest BCUT2D eigenvalue weighted by molar-refractivity contribution is 0.0776. The molecule has 1 N–H and O–H groups in total. The minimum atomic E-state index is -0.0359. The summed E-state index contributed by atoms with van der Waals surface area (Å²) in [6.45, 7) is 4.52. The average Bonchev–Trinajstić information content (AvgIpc) is 2.83. The van der Waals surface area contributed by atoms with Crippen molar-refractivity contribution in [3.05, 3.63) is 52.4 Å². The summed E-state index contributed by atoms with van der Waals surface area (Å²) in [5.41, 5.74) is 1.52. The lowest BCUT2D eigenvalue weighted by Gasteiger charge is -2.19. The first-order valence-electron chi connectivity index (χ1n) is 6.82. The molecule has 0 aliphatic carbocycles. The van der Waals surface area contributed by atoms with Crippen LogP contribution in [0.2, 0.25) is 0 Å². The molecular weight excluding hydrogens is 332 g/mol. The van der Waals surface area contributed by atoms with Crippen LogP contribution in [0.3, 0.4) is 0 Å². The molecule has 0 aliphatic heterocycles. The Morgan fingerprint density at radius 3 is 2.62 bits per heavy atom. The van der Waals surface area contributed by atoms with E-state index in [1.54, 1.807) is 11.9 Å². The third-order valence-electron chi connectivity index (χ3n) is 2.97. The van der Waals surface area contributed by atoms with Gasteiger partial charge in [0.1, 0.15) is 5.76 Å². The number of benzene rings is 1. The van der Waals surface area contributed by atoms with Crippen molar-refractivity contribution in [3.63, 3.8) is 0 Å². The average molecular weight is 351 g/mol. The molecule has 1 aromatic heterocycles. The van der Waals surface area contributed by atoms with Crippen molar-refractivity contribution in [1.29, 1.82) is 0 Å². The molecule has 0 unspecified atom stereocenters. The van der Waals surface area contributed by atoms with Gasteiger partial charge < -0.3 is 14.6 Å². The number of carbonyl (C=O) groups excluding carboxylic acids is 1. The number of anilines is 1. The lowest BCUT2D eigenvalue weighted by Crippen LogP contribution is -2.27. The molecule has 1 amide bonds. The molecule has 112 valence electrons. The highest BCUT2D eigenvalue weighted by atomic mass is 79.9. The van der Waals surface area contributed by atoms with Crippen LogP contribution in [0.25, 0.3) is 0 Å². The largest absolute Gasteiger partial charge is 0.452 e. The number of para-hydroxylation sites is 1. The zero-order chi connectivity index (χ0) is 15.4. The van der Waals surface area contributed by atoms with E-state index in [0.717, 1.165) is 11.4 Å². The second-order valence-corrected chi connectivity index (χ2v) is 5.99. The van der Waals surface area contributed by atoms with E-state index in [1.807, 2.05) is 50.2 Å². The normalized spacial score (nSPS) is 10.7. The number of hydrogen-bond donors (Lipinski definition) is 1. The highest BCUT2D eigenvalue weighted by Gasteiger charge is 2.17. The van der Waals surface area contributed by atoms with Crippen LogP contribution < -0.4 is 5.32 Å². The number of rotatable bonds is 5. The molecule has 0 radical (unpaired) electrons. The first kappa shape index (κ1) is 15.6. The topological polar surface area (TPSA) is 45.5 Å². The summed E-state index contributed by atoms with van der Waals surface area (Å²) in [4.78, 5) is 14.2. The van der Waals surface area contributed by atoms with Gasteiger partial charge in [0.2, 0.25) is 0 Å². The van der Waals surface area contributed by atoms with Gasteiger partial charge in [0.25, 0.3) is 5.91 Å². The maximum atomic E-state index is 12.6. The molecule has 2 aromatic rings. The Kier molecular flexibility index (Phi) is 5.07. The first-order valence-corrected chi connectivity index (χ1v) is 7.62. The van der Waals surface area contributed by atoms with Crippen molar-refractivity contribution in [3.8, 4) is 0 Å². The van der Waals surface area contributed by atoms with E-state index in [-0.39, 0.29) is 11.9 Å². The lowest BCUT2D eigenvalue weighted by atomic mass is 10.1. The summed E-state index contributed by atoms with van der Waals surface area (Å²) in [6.07, 6.45) is 0. The molecule has 0 saturated carbocycles. The number of amides is 1. The van der Waals surface area contributed by atoms with Gasteiger partial charge in [-0.25, -0.2) is 0 Å². The minimum absolute atomic E-state index is 0.0359. The molecule has 1 aromatic carbocycles. The van der Waals surface area contributed by atoms with E-state index < -0.39 is 0 Å². The van der Waals surface area contributed by atoms with Crippen LogP contribution in [0.15, 0.2) is 45.5 Å². The molecule has 5 heteroatoms. The van der Waals surface area contributed by atoms with Gasteiger partial charge in [-0.2, -0.15) is 0 Å². The summed E-state index contributed by atoms with van der Waals surface area (Å²) in [7, 11) is 1.77. The van der Waals surface area contributed by atoms with Gasteiger partial charge in [0.05, 0.1) is 12.1 Å². The SMILES string of the molecule is CC(C)Nc1ccccc1C(=O)N(C)Cc1ccc(Br)o1. The monoisotopic (exact) mass is 350 g/mol. The maximum Gasteiger partial charge on any atom is 0.256 e. The van der Waals surface area contributed by atoms with Gasteiger partial charge in [-0.05, 0) is 54.0 Å². The zero-order valence-corrected chi connectivity index (χ0v) is 14.0. The Morgan fingerprint density at radius 2 is 2.00 bits per heavy atom. The van der Waals surface area contributed by atoms with E-state index >= 15 is 0 Å². The molecule has 0 aliphatic rings. The Labute approximate surface area is 133 Å². The predicted molar refractivity (Wildman–Crippen MR) is 87.4 cm³/mol. The summed E-state index contributed by atoms with van der Waals surface area (Å²) >= 11 is 3.26. The number of hydrogen-bond acceptors (Lipinski definition) is 3. The van der Waals surface area contributed by atoms with Crippen molar-refractivity contribution in [2.24, 2.45) is 0 Å². The Balaban J connectivity index is 2.15. The van der Waals surface area contributed by atoms with Gasteiger partial charge in [-0.3, -0.25) is 4.79 Å². The Hall–Kier alpha value is -1.75. The van der Waals surface area contributed by atoms with E-state index in [9.17, 15) is 4.79 Å². The Morgan fingerprint density at radius 1 is 1.29 bits per heavy atom. The van der Waals surface area contributed by atoms with Gasteiger partial charge in [0, 0.05) is 18.8 Å². The summed E-state index contributed by atoms with van der Waals surface area (Å²) < 4.78 is 6.11. The predicted octanol–water partition coefficient (Wildman–Crippen LogP) is 4.13. The van der Waals surface area contributed by atoms with Crippen molar-refractivity contribution in [1.82, 2.24) is 4.90 Å². The van der Waals surface area contributed by atoms with Crippen LogP contribution in [-0.4, -0.2) is 23.9 Å². The van der Waals surface area contributed by atoms with Crippen LogP contribution in [0, 0.1) is 0 Å². The van der Waals surface area contributed by atoms with Gasteiger partial charge in [-0.15, -0.1) is 0 Å². The highest BCUT2D eigenvalue weighted by molar-refractivity contribution is 9.10. The maximum absolute atomic E-state index is 12.6. The standard InChI is InChI=1S/C16H19BrN2O2/c1-11(2)18-14-7-5-4-6-13(14)16(20)19(3)10-12-8-9-15(17)21-12/h4-9,11,18H,10H2,1-3H3. The molecule has 0 spiro atoms. The fraction of sp³-hybridized carbons (Fsp3) is 0.312. The van der Waals surface area contributed by atoms with Gasteiger partial charge >= 0.3 is 0 Å². The molecule has 21 heavy (non-hydrogen) atoms. The van der Waals surface area contributed by atoms with E-state index in [1.165, 1.54) is 0 Å². The van der Waals surface area contributed by atoms with Crippen LogP contribution in [0.4, 0.5) is 5.69 Å². The van der Waals surface area contributed by atoms with E-state index in [4.69, 9.17) is 4.42 Å². The summed E-state index contributed by atoms with van der Waals surface area (Å²) in [6, 6.07) is 11.5. The molecule has 0 saturated heterocycles. The van der Waals surface area contributed by atoms with E-state index in [2.05, 4.69) is 21.2 Å². The third-order valence-corrected chi connectivity index (χ3v) is 3.40. The number of halogens is 1. The smallest absolute Gasteiger partial charge is 0.256 e. The van der Waals surface area contributed by atoms with E-state index in [0.29, 0.717) is 16.8 Å². The molecule has 0 atom stereocenters. The number of nitrogens with one attached hydrogen (secondary N) is 1. The first-order chi connectivity index (χ1) is 9.97. The van der Waals surface area contributed by atoms with Crippen LogP contribution in [-0.2, 0) is 6.54 Å². The van der Waals surface area contributed by atoms with Crippen LogP contribution in [0.1, 0.15) is 30.0 Å². The molecule has 0 bridgehead atoms. The summed E-state index contributed by atoms with van der Waals surface area (Å²) in [5.74, 6) is 0.707. The van der Waals surface area contributed by atoms with Gasteiger partial charge in [-0.1, -0.05) is 12.1 Å². The van der Waals surface area contributed by atoms with Gasteiger partial charge in [0.15, 0.2) is 4.67 Å². The zero-order valence-electron chi connectivity index (χ0n) is 12.4.